The number of hydrogen-bond acceptors (Lipinski definition) is 5. The number of rotatable bonds is 5. The molecular weight excluding hydrogens is 416 g/mol. The van der Waals surface area contributed by atoms with E-state index in [9.17, 15) is 14.3 Å². The first-order valence-electron chi connectivity index (χ1n) is 7.25. The van der Waals surface area contributed by atoms with E-state index in [4.69, 9.17) is 9.47 Å². The van der Waals surface area contributed by atoms with Gasteiger partial charge in [-0.15, -0.1) is 0 Å². The van der Waals surface area contributed by atoms with Crippen molar-refractivity contribution in [3.05, 3.63) is 64.0 Å². The molecule has 0 aliphatic carbocycles. The predicted molar refractivity (Wildman–Crippen MR) is 91.1 cm³/mol. The summed E-state index contributed by atoms with van der Waals surface area (Å²) in [4.78, 5) is 15.2. The molecule has 1 heterocycles. The molecule has 0 N–H and O–H groups in total. The first-order chi connectivity index (χ1) is 12.0. The Morgan fingerprint density at radius 2 is 2.00 bits per heavy atom. The van der Waals surface area contributed by atoms with E-state index >= 15 is 0 Å². The van der Waals surface area contributed by atoms with Gasteiger partial charge in [-0.25, -0.2) is 9.37 Å². The van der Waals surface area contributed by atoms with Crippen LogP contribution in [0.15, 0.2) is 46.9 Å². The van der Waals surface area contributed by atoms with E-state index in [1.165, 1.54) is 19.2 Å². The smallest absolute Gasteiger partial charge is 0.543 e. The van der Waals surface area contributed by atoms with Gasteiger partial charge in [0, 0.05) is 21.5 Å². The third kappa shape index (κ3) is 4.54. The van der Waals surface area contributed by atoms with Crippen molar-refractivity contribution in [2.45, 2.75) is 6.61 Å². The maximum atomic E-state index is 13.9. The van der Waals surface area contributed by atoms with E-state index in [-0.39, 0.29) is 47.6 Å². The fraction of sp³-hybridized carbons (Fsp3) is 0.111. The van der Waals surface area contributed by atoms with Gasteiger partial charge in [0.05, 0.1) is 24.3 Å². The number of pyridine rings is 1. The number of nitrogens with zero attached hydrogens (tertiary/aromatic N) is 1. The van der Waals surface area contributed by atoms with Crippen LogP contribution < -0.4 is 44.1 Å². The van der Waals surface area contributed by atoms with Gasteiger partial charge in [0.15, 0.2) is 0 Å². The van der Waals surface area contributed by atoms with E-state index in [1.807, 2.05) is 0 Å². The van der Waals surface area contributed by atoms with Gasteiger partial charge in [-0.1, -0.05) is 22.0 Å². The van der Waals surface area contributed by atoms with E-state index in [0.29, 0.717) is 26.7 Å². The molecule has 0 saturated carbocycles. The second-order valence-electron chi connectivity index (χ2n) is 5.20. The van der Waals surface area contributed by atoms with Crippen LogP contribution in [0.3, 0.4) is 0 Å². The largest absolute Gasteiger partial charge is 1.00 e. The average Bonchev–Trinajstić information content (AvgIpc) is 2.60. The molecule has 0 aliphatic heterocycles. The SMILES string of the molecule is COc1ccc2nc(C(=O)[O-])cc(OCc3ccc(Br)cc3F)c2c1.[Na+]. The minimum atomic E-state index is -1.42. The topological polar surface area (TPSA) is 71.5 Å². The Bertz CT molecular complexity index is 967. The fourth-order valence-corrected chi connectivity index (χ4v) is 2.65. The van der Waals surface area contributed by atoms with Gasteiger partial charge in [0.2, 0.25) is 0 Å². The maximum absolute atomic E-state index is 13.9. The summed E-state index contributed by atoms with van der Waals surface area (Å²) in [5, 5.41) is 11.7. The Kier molecular flexibility index (Phi) is 7.00. The molecule has 0 atom stereocenters. The molecule has 8 heteroatoms. The number of aromatic nitrogens is 1. The summed E-state index contributed by atoms with van der Waals surface area (Å²) < 4.78 is 25.4. The standard InChI is InChI=1S/C18H13BrFNO4.Na/c1-24-12-4-5-15-13(7-12)17(8-16(21-15)18(22)23)25-9-10-2-3-11(19)6-14(10)20;/h2-8H,9H2,1H3,(H,22,23);/q;+1/p-1. The Morgan fingerprint density at radius 3 is 2.65 bits per heavy atom. The van der Waals surface area contributed by atoms with Crippen LogP contribution in [0.4, 0.5) is 4.39 Å². The van der Waals surface area contributed by atoms with Crippen molar-refractivity contribution in [2.75, 3.05) is 7.11 Å². The second-order valence-corrected chi connectivity index (χ2v) is 6.12. The van der Waals surface area contributed by atoms with Gasteiger partial charge in [0.1, 0.15) is 23.9 Å². The monoisotopic (exact) mass is 427 g/mol. The first-order valence-corrected chi connectivity index (χ1v) is 8.04. The molecule has 128 valence electrons. The molecule has 0 saturated heterocycles. The average molecular weight is 428 g/mol. The fourth-order valence-electron chi connectivity index (χ4n) is 2.32. The van der Waals surface area contributed by atoms with E-state index in [0.717, 1.165) is 0 Å². The quantitative estimate of drug-likeness (QED) is 0.539. The minimum absolute atomic E-state index is 0. The molecule has 0 unspecified atom stereocenters. The summed E-state index contributed by atoms with van der Waals surface area (Å²) in [5.41, 5.74) is 0.490. The third-order valence-electron chi connectivity index (χ3n) is 3.59. The molecule has 3 aromatic rings. The number of carbonyl (C=O) groups is 1. The third-order valence-corrected chi connectivity index (χ3v) is 4.08. The van der Waals surface area contributed by atoms with Crippen LogP contribution in [0.2, 0.25) is 0 Å². The van der Waals surface area contributed by atoms with Crippen molar-refractivity contribution in [2.24, 2.45) is 0 Å². The maximum Gasteiger partial charge on any atom is 1.00 e. The van der Waals surface area contributed by atoms with Crippen LogP contribution in [0.1, 0.15) is 16.1 Å². The number of halogens is 2. The molecule has 0 radical (unpaired) electrons. The number of benzene rings is 2. The summed E-state index contributed by atoms with van der Waals surface area (Å²) in [6, 6.07) is 10.8. The molecule has 0 aliphatic rings. The van der Waals surface area contributed by atoms with Crippen molar-refractivity contribution >= 4 is 32.8 Å². The van der Waals surface area contributed by atoms with Gasteiger partial charge in [-0.3, -0.25) is 0 Å². The molecule has 5 nitrogen and oxygen atoms in total. The van der Waals surface area contributed by atoms with Gasteiger partial charge in [0.25, 0.3) is 0 Å². The molecule has 2 aromatic carbocycles. The van der Waals surface area contributed by atoms with Crippen molar-refractivity contribution in [1.29, 1.82) is 0 Å². The Balaban J connectivity index is 0.00000243. The Morgan fingerprint density at radius 1 is 1.23 bits per heavy atom. The second kappa shape index (κ2) is 8.81. The van der Waals surface area contributed by atoms with Crippen molar-refractivity contribution < 1.29 is 53.3 Å². The summed E-state index contributed by atoms with van der Waals surface area (Å²) in [6.07, 6.45) is 0. The van der Waals surface area contributed by atoms with Crippen LogP contribution in [-0.4, -0.2) is 18.1 Å². The van der Waals surface area contributed by atoms with Crippen LogP contribution in [0, 0.1) is 5.82 Å². The van der Waals surface area contributed by atoms with Gasteiger partial charge in [-0.2, -0.15) is 0 Å². The van der Waals surface area contributed by atoms with Crippen molar-refractivity contribution in [3.8, 4) is 11.5 Å². The van der Waals surface area contributed by atoms with E-state index < -0.39 is 11.8 Å². The van der Waals surface area contributed by atoms with Crippen LogP contribution in [0.5, 0.6) is 11.5 Å². The molecule has 26 heavy (non-hydrogen) atoms. The predicted octanol–water partition coefficient (Wildman–Crippen LogP) is 0.0915. The molecule has 0 bridgehead atoms. The zero-order chi connectivity index (χ0) is 18.0. The van der Waals surface area contributed by atoms with Gasteiger partial charge < -0.3 is 19.4 Å². The zero-order valence-electron chi connectivity index (χ0n) is 14.1. The van der Waals surface area contributed by atoms with Gasteiger partial charge >= 0.3 is 29.6 Å². The molecule has 0 fully saturated rings. The summed E-state index contributed by atoms with van der Waals surface area (Å²) in [5.74, 6) is -1.02. The van der Waals surface area contributed by atoms with Crippen LogP contribution in [-0.2, 0) is 6.61 Å². The van der Waals surface area contributed by atoms with E-state index in [1.54, 1.807) is 30.3 Å². The van der Waals surface area contributed by atoms with Gasteiger partial charge in [-0.05, 0) is 30.3 Å². The number of fused-ring (bicyclic) bond motifs is 1. The number of aromatic carboxylic acids is 1. The van der Waals surface area contributed by atoms with Crippen LogP contribution >= 0.6 is 15.9 Å². The number of methoxy groups -OCH3 is 1. The van der Waals surface area contributed by atoms with Crippen molar-refractivity contribution in [3.63, 3.8) is 0 Å². The molecule has 1 aromatic heterocycles. The zero-order valence-corrected chi connectivity index (χ0v) is 17.7. The number of carbonyl (C=O) groups excluding carboxylic acids is 1. The summed E-state index contributed by atoms with van der Waals surface area (Å²) in [6.45, 7) is -0.0675. The molecule has 0 amide bonds. The number of hydrogen-bond donors (Lipinski definition) is 0. The number of carboxylic acids is 1. The molecular formula is C18H12BrFNNaO4. The molecule has 0 spiro atoms. The summed E-state index contributed by atoms with van der Waals surface area (Å²) in [7, 11) is 1.52. The number of ether oxygens (including phenoxy) is 2. The molecule has 3 rings (SSSR count). The van der Waals surface area contributed by atoms with Crippen LogP contribution in [0.25, 0.3) is 10.9 Å². The van der Waals surface area contributed by atoms with Crippen molar-refractivity contribution in [1.82, 2.24) is 4.98 Å². The minimum Gasteiger partial charge on any atom is -0.543 e. The Hall–Kier alpha value is -1.67. The Labute approximate surface area is 179 Å². The number of carboxylic acid groups (broad SMARTS) is 1. The summed E-state index contributed by atoms with van der Waals surface area (Å²) >= 11 is 3.19. The first kappa shape index (κ1) is 20.6. The van der Waals surface area contributed by atoms with E-state index in [2.05, 4.69) is 20.9 Å². The normalized spacial score (nSPS) is 10.3.